The molecule has 0 spiro atoms. The smallest absolute Gasteiger partial charge is 0.325 e. The highest BCUT2D eigenvalue weighted by molar-refractivity contribution is 6.10. The summed E-state index contributed by atoms with van der Waals surface area (Å²) < 4.78 is 36.9. The Morgan fingerprint density at radius 1 is 0.742 bits per heavy atom. The lowest BCUT2D eigenvalue weighted by atomic mass is 9.89. The van der Waals surface area contributed by atoms with Crippen molar-refractivity contribution in [1.82, 2.24) is 9.89 Å². The number of anilines is 3. The average molecular weight is 900 g/mol. The molecule has 1 aliphatic carbocycles. The van der Waals surface area contributed by atoms with E-state index in [1.54, 1.807) is 35.2 Å². The van der Waals surface area contributed by atoms with Crippen LogP contribution in [0.2, 0.25) is 0 Å². The number of carboxylic acids is 1. The predicted octanol–water partition coefficient (Wildman–Crippen LogP) is 4.33. The molecule has 0 aromatic heterocycles. The minimum Gasteiger partial charge on any atom is -0.545 e. The van der Waals surface area contributed by atoms with E-state index in [0.717, 1.165) is 16.5 Å². The third-order valence-electron chi connectivity index (χ3n) is 11.2. The molecular weight excluding hydrogens is 847 g/mol. The summed E-state index contributed by atoms with van der Waals surface area (Å²) in [6.45, 7) is 3.57. The lowest BCUT2D eigenvalue weighted by Crippen LogP contribution is -2.36. The Morgan fingerprint density at radius 2 is 1.39 bits per heavy atom. The van der Waals surface area contributed by atoms with Crippen LogP contribution in [0.1, 0.15) is 31.8 Å². The number of methoxy groups -OCH3 is 2. The minimum absolute atomic E-state index is 0.0308. The van der Waals surface area contributed by atoms with Gasteiger partial charge in [-0.1, -0.05) is 24.3 Å². The Kier molecular flexibility index (Phi) is 14.8. The molecule has 0 saturated heterocycles. The molecule has 16 heteroatoms. The molecule has 4 aromatic carbocycles. The highest BCUT2D eigenvalue weighted by Gasteiger charge is 2.24. The van der Waals surface area contributed by atoms with Crippen molar-refractivity contribution in [2.75, 3.05) is 103 Å². The number of aromatic carboxylic acids is 1. The molecule has 16 nitrogen and oxygen atoms in total. The van der Waals surface area contributed by atoms with E-state index in [1.165, 1.54) is 20.3 Å². The summed E-state index contributed by atoms with van der Waals surface area (Å²) in [6, 6.07) is 26.7. The zero-order valence-corrected chi connectivity index (χ0v) is 37.9. The van der Waals surface area contributed by atoms with Crippen molar-refractivity contribution in [3.8, 4) is 33.9 Å². The summed E-state index contributed by atoms with van der Waals surface area (Å²) >= 11 is 0. The number of nitrogens with one attached hydrogen (secondary N) is 2. The van der Waals surface area contributed by atoms with Crippen LogP contribution in [-0.4, -0.2) is 112 Å². The molecule has 0 bridgehead atoms. The van der Waals surface area contributed by atoms with Gasteiger partial charge < -0.3 is 58.4 Å². The Morgan fingerprint density at radius 3 is 2.03 bits per heavy atom. The first kappa shape index (κ1) is 46.6. The van der Waals surface area contributed by atoms with E-state index in [4.69, 9.17) is 28.1 Å². The molecule has 0 radical (unpaired) electrons. The number of esters is 2. The number of amides is 1. The minimum atomic E-state index is -1.46. The number of benzene rings is 5. The van der Waals surface area contributed by atoms with Crippen molar-refractivity contribution in [2.45, 2.75) is 13.5 Å². The van der Waals surface area contributed by atoms with Gasteiger partial charge in [0.15, 0.2) is 0 Å². The summed E-state index contributed by atoms with van der Waals surface area (Å²) in [7, 11) is 8.34. The van der Waals surface area contributed by atoms with E-state index in [1.807, 2.05) is 92.1 Å². The molecule has 3 aliphatic rings. The molecule has 2 N–H and O–H groups in total. The molecule has 1 amide bonds. The molecule has 0 saturated carbocycles. The molecule has 66 heavy (non-hydrogen) atoms. The molecule has 2 heterocycles. The maximum Gasteiger partial charge on any atom is 0.325 e. The fourth-order valence-electron chi connectivity index (χ4n) is 7.81. The van der Waals surface area contributed by atoms with Gasteiger partial charge in [-0.2, -0.15) is 0 Å². The van der Waals surface area contributed by atoms with Gasteiger partial charge in [-0.05, 0) is 79.2 Å². The van der Waals surface area contributed by atoms with Crippen molar-refractivity contribution < 1.29 is 52.4 Å². The molecule has 0 unspecified atom stereocenters. The van der Waals surface area contributed by atoms with Gasteiger partial charge in [-0.25, -0.2) is 4.58 Å². The number of rotatable bonds is 10. The Bertz CT molecular complexity index is 2820. The topological polar surface area (TPSA) is 184 Å². The van der Waals surface area contributed by atoms with Gasteiger partial charge in [0, 0.05) is 65.1 Å². The van der Waals surface area contributed by atoms with Crippen LogP contribution in [0.25, 0.3) is 33.4 Å². The molecule has 0 atom stereocenters. The van der Waals surface area contributed by atoms with Gasteiger partial charge in [0.2, 0.25) is 5.36 Å². The largest absolute Gasteiger partial charge is 0.545 e. The summed E-state index contributed by atoms with van der Waals surface area (Å²) in [4.78, 5) is 55.6. The van der Waals surface area contributed by atoms with Crippen molar-refractivity contribution >= 4 is 51.8 Å². The fraction of sp³-hybridized carbons (Fsp3) is 0.300. The van der Waals surface area contributed by atoms with Crippen molar-refractivity contribution in [1.29, 1.82) is 0 Å². The predicted molar refractivity (Wildman–Crippen MR) is 248 cm³/mol. The fourth-order valence-corrected chi connectivity index (χ4v) is 7.81. The highest BCUT2D eigenvalue weighted by Crippen LogP contribution is 2.42. The van der Waals surface area contributed by atoms with Crippen molar-refractivity contribution in [3.63, 3.8) is 0 Å². The maximum atomic E-state index is 14.0. The SMILES string of the molecule is CNCc1ccc2c(-c3ccc(C(=O)Nc4ccc5c(c4)OCCOc4cc(C)ccc4N(CC(=O)OC)CCOCCN5CC(=O)OC)cc3C(=O)[O-])c3ccc(=[N+](C)C)cc-3oc2c1. The average Bonchev–Trinajstić information content (AvgIpc) is 3.31. The monoisotopic (exact) mass is 899 g/mol. The lowest BCUT2D eigenvalue weighted by Gasteiger charge is -2.27. The number of carbonyl (C=O) groups is 4. The third kappa shape index (κ3) is 10.7. The molecule has 0 fully saturated rings. The van der Waals surface area contributed by atoms with Crippen molar-refractivity contribution in [2.24, 2.45) is 0 Å². The zero-order chi connectivity index (χ0) is 46.9. The van der Waals surface area contributed by atoms with E-state index in [-0.39, 0.29) is 57.2 Å². The second-order valence-corrected chi connectivity index (χ2v) is 15.9. The van der Waals surface area contributed by atoms with Crippen LogP contribution >= 0.6 is 0 Å². The maximum absolute atomic E-state index is 14.0. The summed E-state index contributed by atoms with van der Waals surface area (Å²) in [6.07, 6.45) is 0. The van der Waals surface area contributed by atoms with Gasteiger partial charge in [-0.15, -0.1) is 0 Å². The first-order valence-corrected chi connectivity index (χ1v) is 21.4. The van der Waals surface area contributed by atoms with E-state index < -0.39 is 23.8 Å². The Balaban J connectivity index is 1.21. The normalized spacial score (nSPS) is 13.3. The van der Waals surface area contributed by atoms with Crippen LogP contribution in [-0.2, 0) is 30.3 Å². The summed E-state index contributed by atoms with van der Waals surface area (Å²) in [5, 5.41) is 20.6. The summed E-state index contributed by atoms with van der Waals surface area (Å²) in [5.74, 6) is -1.55. The number of nitrogens with zero attached hydrogens (tertiary/aromatic N) is 3. The van der Waals surface area contributed by atoms with E-state index >= 15 is 0 Å². The van der Waals surface area contributed by atoms with Gasteiger partial charge >= 0.3 is 11.9 Å². The Labute approximate surface area is 382 Å². The third-order valence-corrected chi connectivity index (χ3v) is 11.2. The van der Waals surface area contributed by atoms with Crippen LogP contribution in [0.15, 0.2) is 95.4 Å². The highest BCUT2D eigenvalue weighted by atomic mass is 16.5. The van der Waals surface area contributed by atoms with Crippen LogP contribution in [0.5, 0.6) is 11.5 Å². The summed E-state index contributed by atoms with van der Waals surface area (Å²) in [5.41, 5.74) is 5.60. The van der Waals surface area contributed by atoms with Gasteiger partial charge in [0.05, 0.1) is 50.8 Å². The lowest BCUT2D eigenvalue weighted by molar-refractivity contribution is -0.255. The van der Waals surface area contributed by atoms with E-state index in [9.17, 15) is 24.3 Å². The number of fused-ring (bicyclic) bond motifs is 4. The number of aryl methyl sites for hydroxylation is 1. The van der Waals surface area contributed by atoms with Crippen molar-refractivity contribution in [3.05, 3.63) is 119 Å². The number of carboxylic acid groups (broad SMARTS) is 1. The van der Waals surface area contributed by atoms with Gasteiger partial charge in [0.25, 0.3) is 5.91 Å². The zero-order valence-electron chi connectivity index (χ0n) is 37.9. The van der Waals surface area contributed by atoms with Gasteiger partial charge in [-0.3, -0.25) is 14.4 Å². The molecule has 4 aromatic rings. The van der Waals surface area contributed by atoms with E-state index in [2.05, 4.69) is 10.6 Å². The number of hydrogen-bond donors (Lipinski definition) is 2. The van der Waals surface area contributed by atoms with E-state index in [0.29, 0.717) is 75.1 Å². The van der Waals surface area contributed by atoms with Crippen LogP contribution in [0, 0.1) is 6.92 Å². The van der Waals surface area contributed by atoms with Crippen LogP contribution in [0.3, 0.4) is 0 Å². The number of hydrogen-bond acceptors (Lipinski definition) is 14. The second kappa shape index (κ2) is 21.0. The second-order valence-electron chi connectivity index (χ2n) is 15.9. The van der Waals surface area contributed by atoms with Crippen LogP contribution in [0.4, 0.5) is 17.1 Å². The number of ether oxygens (including phenoxy) is 5. The molecular formula is C50H53N5O11. The number of carbonyl (C=O) groups excluding carboxylic acids is 4. The molecule has 7 rings (SSSR count). The molecule has 344 valence electrons. The first-order valence-electron chi connectivity index (χ1n) is 21.4. The first-order chi connectivity index (χ1) is 31.9. The molecule has 2 aliphatic heterocycles. The van der Waals surface area contributed by atoms with Crippen LogP contribution < -0.4 is 44.9 Å². The Hall–Kier alpha value is -7.43. The van der Waals surface area contributed by atoms with Gasteiger partial charge in [0.1, 0.15) is 63.2 Å². The quantitative estimate of drug-likeness (QED) is 0.113. The standard InChI is InChI=1S/C50H53N5O11/c1-31-7-15-40-44(23-31)64-21-22-65-45-26-34(10-16-41(45)55(30-47(57)62-6)18-20-63-19-17-54(40)29-46(56)61-5)52-49(58)33-9-13-36(39(25-33)50(59)60)48-37-12-8-32(28-51-2)24-42(37)66-43-27-35(53(3)4)11-14-38(43)48/h7-16,23-27,51H,17-22,28-30H2,1-6H3,(H-,52,58,59,60).